The fourth-order valence-corrected chi connectivity index (χ4v) is 2.60. The van der Waals surface area contributed by atoms with E-state index in [1.165, 1.54) is 6.92 Å². The van der Waals surface area contributed by atoms with Gasteiger partial charge in [-0.2, -0.15) is 0 Å². The molecule has 1 aliphatic rings. The summed E-state index contributed by atoms with van der Waals surface area (Å²) >= 11 is 0. The Hall–Kier alpha value is -3.08. The average molecular weight is 323 g/mol. The first kappa shape index (κ1) is 15.8. The molecule has 0 atom stereocenters. The molecule has 1 aliphatic heterocycles. The molecule has 0 bridgehead atoms. The fourth-order valence-electron chi connectivity index (χ4n) is 2.60. The number of methoxy groups -OCH3 is 1. The first-order valence-electron chi connectivity index (χ1n) is 7.52. The highest BCUT2D eigenvalue weighted by Crippen LogP contribution is 2.32. The van der Waals surface area contributed by atoms with Gasteiger partial charge < -0.3 is 14.8 Å². The monoisotopic (exact) mass is 323 g/mol. The molecule has 5 heteroatoms. The molecule has 24 heavy (non-hydrogen) atoms. The maximum Gasteiger partial charge on any atom is 0.221 e. The number of para-hydroxylation sites is 1. The molecule has 1 N–H and O–H groups in total. The first-order valence-corrected chi connectivity index (χ1v) is 7.52. The van der Waals surface area contributed by atoms with E-state index >= 15 is 0 Å². The molecule has 122 valence electrons. The molecule has 0 unspecified atom stereocenters. The number of rotatable bonds is 4. The number of ether oxygens (including phenoxy) is 2. The van der Waals surface area contributed by atoms with E-state index in [2.05, 4.69) is 5.32 Å². The Bertz CT molecular complexity index is 822. The van der Waals surface area contributed by atoms with Crippen molar-refractivity contribution in [2.45, 2.75) is 6.92 Å². The topological polar surface area (TPSA) is 64.6 Å². The molecule has 0 aliphatic carbocycles. The highest BCUT2D eigenvalue weighted by molar-refractivity contribution is 6.14. The third-order valence-corrected chi connectivity index (χ3v) is 3.76. The molecule has 0 radical (unpaired) electrons. The fraction of sp³-hybridized carbons (Fsp3) is 0.158. The number of nitrogens with one attached hydrogen (secondary N) is 1. The van der Waals surface area contributed by atoms with Crippen LogP contribution in [0.15, 0.2) is 54.1 Å². The Labute approximate surface area is 139 Å². The van der Waals surface area contributed by atoms with Gasteiger partial charge in [-0.25, -0.2) is 0 Å². The minimum Gasteiger partial charge on any atom is -0.497 e. The van der Waals surface area contributed by atoms with Crippen molar-refractivity contribution in [1.29, 1.82) is 0 Å². The van der Waals surface area contributed by atoms with Crippen LogP contribution < -0.4 is 14.8 Å². The van der Waals surface area contributed by atoms with Crippen LogP contribution in [0.2, 0.25) is 0 Å². The molecule has 3 rings (SSSR count). The summed E-state index contributed by atoms with van der Waals surface area (Å²) in [5.74, 6) is 0.901. The van der Waals surface area contributed by atoms with Crippen LogP contribution in [0.5, 0.6) is 11.5 Å². The van der Waals surface area contributed by atoms with Gasteiger partial charge in [0.05, 0.1) is 18.4 Å². The van der Waals surface area contributed by atoms with Crippen molar-refractivity contribution >= 4 is 17.4 Å². The third kappa shape index (κ3) is 3.01. The summed E-state index contributed by atoms with van der Waals surface area (Å²) in [5, 5.41) is 2.78. The van der Waals surface area contributed by atoms with Gasteiger partial charge >= 0.3 is 0 Å². The second-order valence-corrected chi connectivity index (χ2v) is 5.38. The number of fused-ring (bicyclic) bond motifs is 1. The largest absolute Gasteiger partial charge is 0.497 e. The predicted molar refractivity (Wildman–Crippen MR) is 90.0 cm³/mol. The van der Waals surface area contributed by atoms with Crippen LogP contribution in [0.1, 0.15) is 22.8 Å². The minimum absolute atomic E-state index is 0.109. The maximum absolute atomic E-state index is 12.9. The lowest BCUT2D eigenvalue weighted by Gasteiger charge is -2.23. The number of carbonyl (C=O) groups is 2. The highest BCUT2D eigenvalue weighted by atomic mass is 16.5. The SMILES string of the molecule is COc1ccc(C(=O)C2=C(NC(C)=O)c3ccccc3OC2)cc1. The number of ketones is 1. The number of benzene rings is 2. The van der Waals surface area contributed by atoms with Crippen molar-refractivity contribution in [3.63, 3.8) is 0 Å². The quantitative estimate of drug-likeness (QED) is 0.879. The molecule has 2 aromatic rings. The molecule has 1 amide bonds. The number of amides is 1. The van der Waals surface area contributed by atoms with E-state index in [0.29, 0.717) is 33.9 Å². The smallest absolute Gasteiger partial charge is 0.221 e. The average Bonchev–Trinajstić information content (AvgIpc) is 2.61. The van der Waals surface area contributed by atoms with Crippen molar-refractivity contribution in [3.8, 4) is 11.5 Å². The second-order valence-electron chi connectivity index (χ2n) is 5.38. The predicted octanol–water partition coefficient (Wildman–Crippen LogP) is 2.82. The van der Waals surface area contributed by atoms with Crippen molar-refractivity contribution in [3.05, 3.63) is 65.2 Å². The molecule has 0 saturated carbocycles. The molecule has 5 nitrogen and oxygen atoms in total. The van der Waals surface area contributed by atoms with Crippen LogP contribution >= 0.6 is 0 Å². The van der Waals surface area contributed by atoms with Gasteiger partial charge in [-0.1, -0.05) is 12.1 Å². The Balaban J connectivity index is 2.05. The van der Waals surface area contributed by atoms with E-state index in [-0.39, 0.29) is 18.3 Å². The number of carbonyl (C=O) groups excluding carboxylic acids is 2. The summed E-state index contributed by atoms with van der Waals surface area (Å²) < 4.78 is 10.8. The van der Waals surface area contributed by atoms with Crippen molar-refractivity contribution < 1.29 is 19.1 Å². The van der Waals surface area contributed by atoms with Crippen LogP contribution in [0.4, 0.5) is 0 Å². The number of hydrogen-bond acceptors (Lipinski definition) is 4. The van der Waals surface area contributed by atoms with Crippen LogP contribution in [-0.2, 0) is 4.79 Å². The molecule has 0 aromatic heterocycles. The van der Waals surface area contributed by atoms with E-state index in [1.807, 2.05) is 24.3 Å². The summed E-state index contributed by atoms with van der Waals surface area (Å²) in [7, 11) is 1.57. The van der Waals surface area contributed by atoms with Gasteiger partial charge in [0.15, 0.2) is 5.78 Å². The van der Waals surface area contributed by atoms with Gasteiger partial charge in [-0.05, 0) is 36.4 Å². The van der Waals surface area contributed by atoms with E-state index < -0.39 is 0 Å². The Kier molecular flexibility index (Phi) is 4.33. The van der Waals surface area contributed by atoms with E-state index in [0.717, 1.165) is 0 Å². The summed E-state index contributed by atoms with van der Waals surface area (Å²) in [6.45, 7) is 1.53. The normalized spacial score (nSPS) is 12.9. The van der Waals surface area contributed by atoms with Gasteiger partial charge in [0.1, 0.15) is 18.1 Å². The van der Waals surface area contributed by atoms with Crippen molar-refractivity contribution in [2.24, 2.45) is 0 Å². The van der Waals surface area contributed by atoms with Crippen molar-refractivity contribution in [2.75, 3.05) is 13.7 Å². The van der Waals surface area contributed by atoms with Gasteiger partial charge in [0, 0.05) is 18.1 Å². The highest BCUT2D eigenvalue weighted by Gasteiger charge is 2.26. The van der Waals surface area contributed by atoms with Gasteiger partial charge in [-0.15, -0.1) is 0 Å². The van der Waals surface area contributed by atoms with Crippen molar-refractivity contribution in [1.82, 2.24) is 5.32 Å². The van der Waals surface area contributed by atoms with E-state index in [1.54, 1.807) is 31.4 Å². The lowest BCUT2D eigenvalue weighted by atomic mass is 9.96. The number of Topliss-reactive ketones (excluding diaryl/α,β-unsaturated/α-hetero) is 1. The zero-order chi connectivity index (χ0) is 17.1. The molecule has 0 fully saturated rings. The molecular weight excluding hydrogens is 306 g/mol. The Morgan fingerprint density at radius 2 is 1.79 bits per heavy atom. The lowest BCUT2D eigenvalue weighted by Crippen LogP contribution is -2.27. The van der Waals surface area contributed by atoms with E-state index in [9.17, 15) is 9.59 Å². The molecule has 2 aromatic carbocycles. The number of hydrogen-bond donors (Lipinski definition) is 1. The second kappa shape index (κ2) is 6.58. The van der Waals surface area contributed by atoms with Gasteiger partial charge in [0.2, 0.25) is 5.91 Å². The zero-order valence-corrected chi connectivity index (χ0v) is 13.5. The summed E-state index contributed by atoms with van der Waals surface area (Å²) in [4.78, 5) is 24.5. The molecular formula is C19H17NO4. The van der Waals surface area contributed by atoms with Crippen LogP contribution in [0.3, 0.4) is 0 Å². The summed E-state index contributed by atoms with van der Waals surface area (Å²) in [6.07, 6.45) is 0. The van der Waals surface area contributed by atoms with Gasteiger partial charge in [0.25, 0.3) is 0 Å². The standard InChI is InChI=1S/C19H17NO4/c1-12(21)20-18-15-5-3-4-6-17(15)24-11-16(18)19(22)13-7-9-14(23-2)10-8-13/h3-10H,11H2,1-2H3,(H,20,21). The van der Waals surface area contributed by atoms with Crippen LogP contribution in [0.25, 0.3) is 5.70 Å². The molecule has 0 spiro atoms. The Morgan fingerprint density at radius 3 is 2.46 bits per heavy atom. The molecule has 0 saturated heterocycles. The summed E-state index contributed by atoms with van der Waals surface area (Å²) in [6, 6.07) is 14.2. The minimum atomic E-state index is -0.235. The van der Waals surface area contributed by atoms with E-state index in [4.69, 9.17) is 9.47 Å². The maximum atomic E-state index is 12.9. The van der Waals surface area contributed by atoms with Crippen LogP contribution in [-0.4, -0.2) is 25.4 Å². The lowest BCUT2D eigenvalue weighted by molar-refractivity contribution is -0.117. The first-order chi connectivity index (χ1) is 11.6. The Morgan fingerprint density at radius 1 is 1.08 bits per heavy atom. The third-order valence-electron chi connectivity index (χ3n) is 3.76. The van der Waals surface area contributed by atoms with Gasteiger partial charge in [-0.3, -0.25) is 9.59 Å². The molecule has 1 heterocycles. The zero-order valence-electron chi connectivity index (χ0n) is 13.5. The van der Waals surface area contributed by atoms with Crippen LogP contribution in [0, 0.1) is 0 Å². The summed E-state index contributed by atoms with van der Waals surface area (Å²) in [5.41, 5.74) is 2.15.